The lowest BCUT2D eigenvalue weighted by molar-refractivity contribution is 0.0192. The van der Waals surface area contributed by atoms with Crippen LogP contribution in [0.25, 0.3) is 0 Å². The predicted octanol–water partition coefficient (Wildman–Crippen LogP) is 6.65. The smallest absolute Gasteiger partial charge is 0.410 e. The third kappa shape index (κ3) is 12.2. The van der Waals surface area contributed by atoms with Crippen molar-refractivity contribution < 1.29 is 43.2 Å². The molecule has 4 aromatic carbocycles. The number of rotatable bonds is 8. The Hall–Kier alpha value is -3.74. The first-order valence-corrected chi connectivity index (χ1v) is 25.9. The molecule has 0 unspecified atom stereocenters. The van der Waals surface area contributed by atoms with Gasteiger partial charge in [0.15, 0.2) is 0 Å². The van der Waals surface area contributed by atoms with Crippen LogP contribution >= 0.6 is 58.8 Å². The highest BCUT2D eigenvalue weighted by Gasteiger charge is 2.37. The van der Waals surface area contributed by atoms with Gasteiger partial charge in [0.25, 0.3) is 0 Å². The first kappa shape index (κ1) is 52.9. The van der Waals surface area contributed by atoms with E-state index in [0.29, 0.717) is 13.1 Å². The van der Waals surface area contributed by atoms with E-state index < -0.39 is 71.0 Å². The summed E-state index contributed by atoms with van der Waals surface area (Å²) in [7, 11) is -17.1. The van der Waals surface area contributed by atoms with Gasteiger partial charge < -0.3 is 15.0 Å². The summed E-state index contributed by atoms with van der Waals surface area (Å²) >= 11 is 23.8. The molecule has 1 amide bonds. The Morgan fingerprint density at radius 3 is 1.28 bits per heavy atom. The van der Waals surface area contributed by atoms with Gasteiger partial charge in [0, 0.05) is 72.4 Å². The molecule has 0 aliphatic carbocycles. The third-order valence-corrected chi connectivity index (χ3v) is 17.8. The van der Waals surface area contributed by atoms with Gasteiger partial charge in [0.2, 0.25) is 39.7 Å². The van der Waals surface area contributed by atoms with E-state index in [-0.39, 0.29) is 92.7 Å². The molecule has 16 nitrogen and oxygen atoms in total. The zero-order valence-electron chi connectivity index (χ0n) is 34.0. The fourth-order valence-corrected chi connectivity index (χ4v) is 14.7. The van der Waals surface area contributed by atoms with Crippen molar-refractivity contribution in [2.75, 3.05) is 52.4 Å². The number of halogens is 5. The zero-order valence-corrected chi connectivity index (χ0v) is 41.1. The standard InChI is InChI=1S/C22H23Cl2N3O6S2.C17H15Cl2N3O4S2.ClH/c1-22(2,3)33-21(28)26-6-8-27(9-7-26)35(31,32)20-10-15(14-25)4-5-19(20)34(29,30)18-12-16(23)11-17(24)13-18;18-13-8-14(19)10-15(9-13)27(23,24)16-2-1-12(11-20)7-17(16)28(25,26)22-5-3-21-4-6-22;/h4-5,10-13H,6-9H2,1-3H3;1-2,7-10,21H,3-6H2;1H. The fourth-order valence-electron chi connectivity index (χ4n) is 6.22. The van der Waals surface area contributed by atoms with E-state index >= 15 is 0 Å². The van der Waals surface area contributed by atoms with Gasteiger partial charge in [-0.3, -0.25) is 0 Å². The molecule has 2 aliphatic rings. The Balaban J connectivity index is 0.000000283. The second-order valence-electron chi connectivity index (χ2n) is 14.8. The number of carbonyl (C=O) groups is 1. The quantitative estimate of drug-likeness (QED) is 0.195. The molecular weight excluding hydrogens is 1020 g/mol. The number of nitrogens with one attached hydrogen (secondary N) is 1. The van der Waals surface area contributed by atoms with Gasteiger partial charge in [-0.25, -0.2) is 38.5 Å². The average Bonchev–Trinajstić information content (AvgIpc) is 3.22. The first-order chi connectivity index (χ1) is 29.3. The molecule has 0 radical (unpaired) electrons. The Morgan fingerprint density at radius 1 is 0.578 bits per heavy atom. The summed E-state index contributed by atoms with van der Waals surface area (Å²) in [6, 6.07) is 17.9. The summed E-state index contributed by atoms with van der Waals surface area (Å²) in [5, 5.41) is 21.8. The average molecular weight is 1060 g/mol. The summed E-state index contributed by atoms with van der Waals surface area (Å²) in [5.74, 6) is 0. The number of hydrogen-bond acceptors (Lipinski definition) is 13. The summed E-state index contributed by atoms with van der Waals surface area (Å²) in [5.41, 5.74) is -0.694. The molecular formula is C39H39Cl5N6O10S4. The molecule has 25 heteroatoms. The Labute approximate surface area is 398 Å². The molecule has 0 spiro atoms. The number of benzene rings is 4. The molecule has 344 valence electrons. The molecule has 0 aromatic heterocycles. The van der Waals surface area contributed by atoms with Crippen LogP contribution in [0.2, 0.25) is 20.1 Å². The van der Waals surface area contributed by atoms with Crippen LogP contribution in [0.5, 0.6) is 0 Å². The van der Waals surface area contributed by atoms with Crippen LogP contribution in [0.3, 0.4) is 0 Å². The van der Waals surface area contributed by atoms with Crippen molar-refractivity contribution in [2.24, 2.45) is 0 Å². The second kappa shape index (κ2) is 20.8. The highest BCUT2D eigenvalue weighted by atomic mass is 35.5. The van der Waals surface area contributed by atoms with Gasteiger partial charge in [-0.05, 0) is 93.6 Å². The van der Waals surface area contributed by atoms with Crippen LogP contribution in [0.4, 0.5) is 4.79 Å². The topological polar surface area (TPSA) is 232 Å². The summed E-state index contributed by atoms with van der Waals surface area (Å²) < 4.78 is 114. The second-order valence-corrected chi connectivity index (χ2v) is 24.2. The van der Waals surface area contributed by atoms with E-state index in [1.54, 1.807) is 20.8 Å². The van der Waals surface area contributed by atoms with Crippen molar-refractivity contribution in [1.29, 1.82) is 10.5 Å². The van der Waals surface area contributed by atoms with E-state index in [1.165, 1.54) is 45.6 Å². The van der Waals surface area contributed by atoms with Gasteiger partial charge in [-0.2, -0.15) is 19.1 Å². The number of ether oxygens (including phenoxy) is 1. The molecule has 2 aliphatic heterocycles. The van der Waals surface area contributed by atoms with Gasteiger partial charge in [0.1, 0.15) is 15.4 Å². The minimum atomic E-state index is -4.37. The molecule has 0 atom stereocenters. The predicted molar refractivity (Wildman–Crippen MR) is 242 cm³/mol. The molecule has 2 heterocycles. The first-order valence-electron chi connectivity index (χ1n) is 18.5. The molecule has 1 N–H and O–H groups in total. The molecule has 6 rings (SSSR count). The van der Waals surface area contributed by atoms with Crippen LogP contribution in [-0.2, 0) is 44.5 Å². The van der Waals surface area contributed by atoms with Crippen molar-refractivity contribution in [3.63, 3.8) is 0 Å². The number of nitrogens with zero attached hydrogens (tertiary/aromatic N) is 5. The lowest BCUT2D eigenvalue weighted by Gasteiger charge is -2.35. The molecule has 0 bridgehead atoms. The van der Waals surface area contributed by atoms with Gasteiger partial charge in [-0.1, -0.05) is 46.4 Å². The van der Waals surface area contributed by atoms with Crippen LogP contribution in [0.1, 0.15) is 31.9 Å². The van der Waals surface area contributed by atoms with Crippen molar-refractivity contribution in [1.82, 2.24) is 18.8 Å². The van der Waals surface area contributed by atoms with Crippen LogP contribution in [0.15, 0.2) is 102 Å². The highest BCUT2D eigenvalue weighted by Crippen LogP contribution is 2.35. The molecule has 2 saturated heterocycles. The summed E-state index contributed by atoms with van der Waals surface area (Å²) in [6.07, 6.45) is -0.567. The van der Waals surface area contributed by atoms with E-state index in [9.17, 15) is 43.7 Å². The van der Waals surface area contributed by atoms with E-state index in [0.717, 1.165) is 40.7 Å². The van der Waals surface area contributed by atoms with Gasteiger partial charge >= 0.3 is 6.09 Å². The summed E-state index contributed by atoms with van der Waals surface area (Å²) in [6.45, 7) is 6.40. The van der Waals surface area contributed by atoms with Crippen LogP contribution in [-0.4, -0.2) is 111 Å². The molecule has 4 aromatic rings. The lowest BCUT2D eigenvalue weighted by Crippen LogP contribution is -2.51. The van der Waals surface area contributed by atoms with Crippen LogP contribution < -0.4 is 5.32 Å². The van der Waals surface area contributed by atoms with Gasteiger partial charge in [-0.15, -0.1) is 12.4 Å². The third-order valence-electron chi connectivity index (χ3n) is 9.22. The maximum absolute atomic E-state index is 13.6. The number of hydrogen-bond donors (Lipinski definition) is 1. The van der Waals surface area contributed by atoms with Gasteiger partial charge in [0.05, 0.1) is 42.8 Å². The molecule has 64 heavy (non-hydrogen) atoms. The van der Waals surface area contributed by atoms with Crippen molar-refractivity contribution >= 4 is 105 Å². The molecule has 2 fully saturated rings. The van der Waals surface area contributed by atoms with Crippen molar-refractivity contribution in [2.45, 2.75) is 55.7 Å². The number of sulfone groups is 2. The monoisotopic (exact) mass is 1050 g/mol. The summed E-state index contributed by atoms with van der Waals surface area (Å²) in [4.78, 5) is 11.3. The lowest BCUT2D eigenvalue weighted by atomic mass is 10.2. The molecule has 0 saturated carbocycles. The largest absolute Gasteiger partial charge is 0.444 e. The van der Waals surface area contributed by atoms with E-state index in [4.69, 9.17) is 56.4 Å². The number of piperazine rings is 2. The van der Waals surface area contributed by atoms with Crippen LogP contribution in [0, 0.1) is 22.7 Å². The number of nitriles is 2. The zero-order chi connectivity index (χ0) is 46.7. The van der Waals surface area contributed by atoms with E-state index in [2.05, 4.69) is 5.32 Å². The Bertz CT molecular complexity index is 2940. The van der Waals surface area contributed by atoms with E-state index in [1.807, 2.05) is 12.1 Å². The number of amides is 1. The number of carbonyl (C=O) groups excluding carboxylic acids is 1. The van der Waals surface area contributed by atoms with Crippen molar-refractivity contribution in [3.05, 3.63) is 104 Å². The maximum atomic E-state index is 13.6. The minimum absolute atomic E-state index is 0. The fraction of sp³-hybridized carbons (Fsp3) is 0.308. The number of sulfonamides is 2. The highest BCUT2D eigenvalue weighted by molar-refractivity contribution is 7.94. The Morgan fingerprint density at radius 2 is 0.938 bits per heavy atom. The maximum Gasteiger partial charge on any atom is 0.410 e. The SMILES string of the molecule is CC(C)(C)OC(=O)N1CCN(S(=O)(=O)c2cc(C#N)ccc2S(=O)(=O)c2cc(Cl)cc(Cl)c2)CC1.Cl.N#Cc1ccc(S(=O)(=O)c2cc(Cl)cc(Cl)c2)c(S(=O)(=O)N2CCNCC2)c1. The normalized spacial score (nSPS) is 15.4. The van der Waals surface area contributed by atoms with Crippen molar-refractivity contribution in [3.8, 4) is 12.1 Å². The minimum Gasteiger partial charge on any atom is -0.444 e. The Kier molecular flexibility index (Phi) is 17.2.